The summed E-state index contributed by atoms with van der Waals surface area (Å²) >= 11 is 0. The highest BCUT2D eigenvalue weighted by Gasteiger charge is 2.31. The van der Waals surface area contributed by atoms with Gasteiger partial charge >= 0.3 is 0 Å². The molecule has 0 spiro atoms. The Hall–Kier alpha value is -1.06. The zero-order valence-corrected chi connectivity index (χ0v) is 13.0. The van der Waals surface area contributed by atoms with Gasteiger partial charge in [0.05, 0.1) is 0 Å². The van der Waals surface area contributed by atoms with Crippen molar-refractivity contribution in [1.82, 2.24) is 10.2 Å². The van der Waals surface area contributed by atoms with E-state index in [1.165, 1.54) is 43.0 Å². The Morgan fingerprint density at radius 2 is 1.80 bits per heavy atom. The third kappa shape index (κ3) is 2.57. The number of anilines is 1. The number of benzene rings is 1. The summed E-state index contributed by atoms with van der Waals surface area (Å²) in [6.45, 7) is 13.9. The fourth-order valence-electron chi connectivity index (χ4n) is 3.66. The molecule has 3 heteroatoms. The normalized spacial score (nSPS) is 28.1. The molecule has 0 saturated carbocycles. The fourth-order valence-corrected chi connectivity index (χ4v) is 3.66. The predicted octanol–water partition coefficient (Wildman–Crippen LogP) is 2.03. The molecule has 2 fully saturated rings. The molecule has 110 valence electrons. The molecule has 2 saturated heterocycles. The molecule has 2 heterocycles. The Morgan fingerprint density at radius 1 is 1.05 bits per heavy atom. The Morgan fingerprint density at radius 3 is 2.45 bits per heavy atom. The summed E-state index contributed by atoms with van der Waals surface area (Å²) < 4.78 is 0. The molecule has 2 aliphatic rings. The molecule has 0 aliphatic carbocycles. The van der Waals surface area contributed by atoms with Gasteiger partial charge in [-0.25, -0.2) is 0 Å². The van der Waals surface area contributed by atoms with E-state index in [0.29, 0.717) is 0 Å². The third-order valence-electron chi connectivity index (χ3n) is 5.18. The van der Waals surface area contributed by atoms with Crippen molar-refractivity contribution in [3.05, 3.63) is 29.3 Å². The second-order valence-electron chi connectivity index (χ2n) is 6.44. The molecule has 0 amide bonds. The van der Waals surface area contributed by atoms with Crippen LogP contribution in [0.15, 0.2) is 18.2 Å². The van der Waals surface area contributed by atoms with Crippen LogP contribution in [-0.2, 0) is 0 Å². The minimum absolute atomic E-state index is 0.746. The van der Waals surface area contributed by atoms with E-state index in [-0.39, 0.29) is 0 Å². The van der Waals surface area contributed by atoms with Gasteiger partial charge in [-0.3, -0.25) is 4.90 Å². The fraction of sp³-hybridized carbons (Fsp3) is 0.647. The Labute approximate surface area is 123 Å². The van der Waals surface area contributed by atoms with Gasteiger partial charge in [0.25, 0.3) is 0 Å². The summed E-state index contributed by atoms with van der Waals surface area (Å²) in [5.74, 6) is 0.794. The van der Waals surface area contributed by atoms with Crippen LogP contribution in [0.2, 0.25) is 0 Å². The third-order valence-corrected chi connectivity index (χ3v) is 5.18. The first-order valence-electron chi connectivity index (χ1n) is 7.93. The van der Waals surface area contributed by atoms with E-state index in [2.05, 4.69) is 54.1 Å². The molecule has 0 aromatic heterocycles. The number of hydrogen-bond donors (Lipinski definition) is 1. The first-order valence-corrected chi connectivity index (χ1v) is 7.93. The molecule has 2 atom stereocenters. The average molecular weight is 273 g/mol. The van der Waals surface area contributed by atoms with Crippen molar-refractivity contribution in [2.45, 2.75) is 26.8 Å². The Bertz CT molecular complexity index is 463. The minimum atomic E-state index is 0.746. The van der Waals surface area contributed by atoms with Crippen molar-refractivity contribution in [2.75, 3.05) is 44.2 Å². The van der Waals surface area contributed by atoms with Gasteiger partial charge in [0.15, 0.2) is 0 Å². The van der Waals surface area contributed by atoms with Gasteiger partial charge in [0.2, 0.25) is 0 Å². The topological polar surface area (TPSA) is 18.5 Å². The lowest BCUT2D eigenvalue weighted by atomic mass is 10.0. The number of nitrogens with one attached hydrogen (secondary N) is 1. The number of aryl methyl sites for hydroxylation is 1. The molecule has 3 rings (SSSR count). The molecular weight excluding hydrogens is 246 g/mol. The van der Waals surface area contributed by atoms with Gasteiger partial charge in [0.1, 0.15) is 0 Å². The van der Waals surface area contributed by atoms with Crippen LogP contribution in [0.4, 0.5) is 5.69 Å². The maximum Gasteiger partial charge on any atom is 0.0399 e. The van der Waals surface area contributed by atoms with Crippen LogP contribution in [-0.4, -0.2) is 50.2 Å². The van der Waals surface area contributed by atoms with E-state index in [9.17, 15) is 0 Å². The summed E-state index contributed by atoms with van der Waals surface area (Å²) in [6, 6.07) is 7.42. The summed E-state index contributed by atoms with van der Waals surface area (Å²) in [7, 11) is 0. The van der Waals surface area contributed by atoms with Crippen molar-refractivity contribution >= 4 is 5.69 Å². The van der Waals surface area contributed by atoms with Gasteiger partial charge < -0.3 is 10.2 Å². The molecule has 20 heavy (non-hydrogen) atoms. The molecule has 3 nitrogen and oxygen atoms in total. The Balaban J connectivity index is 1.65. The average Bonchev–Trinajstić information content (AvgIpc) is 2.88. The summed E-state index contributed by atoms with van der Waals surface area (Å²) in [4.78, 5) is 5.25. The van der Waals surface area contributed by atoms with Crippen LogP contribution in [0.5, 0.6) is 0 Å². The van der Waals surface area contributed by atoms with Crippen LogP contribution in [0.1, 0.15) is 18.1 Å². The minimum Gasteiger partial charge on any atom is -0.369 e. The van der Waals surface area contributed by atoms with Gasteiger partial charge in [-0.2, -0.15) is 0 Å². The molecule has 0 bridgehead atoms. The molecule has 0 radical (unpaired) electrons. The van der Waals surface area contributed by atoms with Gasteiger partial charge in [-0.15, -0.1) is 0 Å². The van der Waals surface area contributed by atoms with Crippen LogP contribution < -0.4 is 10.2 Å². The second kappa shape index (κ2) is 5.74. The van der Waals surface area contributed by atoms with Gasteiger partial charge in [-0.1, -0.05) is 19.1 Å². The van der Waals surface area contributed by atoms with Crippen molar-refractivity contribution in [1.29, 1.82) is 0 Å². The van der Waals surface area contributed by atoms with E-state index in [1.807, 2.05) is 0 Å². The van der Waals surface area contributed by atoms with Crippen LogP contribution in [0.25, 0.3) is 0 Å². The maximum atomic E-state index is 3.52. The SMILES string of the molecule is Cc1cccc(N2CCN(C3CNCC3C)CC2)c1C. The van der Waals surface area contributed by atoms with E-state index < -0.39 is 0 Å². The monoisotopic (exact) mass is 273 g/mol. The van der Waals surface area contributed by atoms with Crippen LogP contribution in [0, 0.1) is 19.8 Å². The molecule has 2 aliphatic heterocycles. The summed E-state index contributed by atoms with van der Waals surface area (Å²) in [5, 5.41) is 3.52. The highest BCUT2D eigenvalue weighted by molar-refractivity contribution is 5.56. The lowest BCUT2D eigenvalue weighted by Gasteiger charge is -2.40. The van der Waals surface area contributed by atoms with E-state index in [1.54, 1.807) is 0 Å². The van der Waals surface area contributed by atoms with E-state index >= 15 is 0 Å². The summed E-state index contributed by atoms with van der Waals surface area (Å²) in [5.41, 5.74) is 4.28. The molecule has 2 unspecified atom stereocenters. The molecular formula is C17H27N3. The zero-order valence-electron chi connectivity index (χ0n) is 13.0. The predicted molar refractivity (Wildman–Crippen MR) is 85.5 cm³/mol. The van der Waals surface area contributed by atoms with Gasteiger partial charge in [0, 0.05) is 44.5 Å². The quantitative estimate of drug-likeness (QED) is 0.889. The number of rotatable bonds is 2. The van der Waals surface area contributed by atoms with Crippen molar-refractivity contribution in [3.8, 4) is 0 Å². The van der Waals surface area contributed by atoms with Crippen LogP contribution >= 0.6 is 0 Å². The Kier molecular flexibility index (Phi) is 3.99. The lowest BCUT2D eigenvalue weighted by Crippen LogP contribution is -2.52. The lowest BCUT2D eigenvalue weighted by molar-refractivity contribution is 0.168. The number of piperazine rings is 1. The first-order chi connectivity index (χ1) is 9.66. The largest absolute Gasteiger partial charge is 0.369 e. The molecule has 1 aromatic rings. The first kappa shape index (κ1) is 13.9. The van der Waals surface area contributed by atoms with Crippen LogP contribution in [0.3, 0.4) is 0 Å². The van der Waals surface area contributed by atoms with Crippen molar-refractivity contribution in [2.24, 2.45) is 5.92 Å². The summed E-state index contributed by atoms with van der Waals surface area (Å²) in [6.07, 6.45) is 0. The second-order valence-corrected chi connectivity index (χ2v) is 6.44. The highest BCUT2D eigenvalue weighted by Crippen LogP contribution is 2.25. The number of nitrogens with zero attached hydrogens (tertiary/aromatic N) is 2. The van der Waals surface area contributed by atoms with Crippen molar-refractivity contribution < 1.29 is 0 Å². The number of hydrogen-bond acceptors (Lipinski definition) is 3. The smallest absolute Gasteiger partial charge is 0.0399 e. The van der Waals surface area contributed by atoms with E-state index in [4.69, 9.17) is 0 Å². The zero-order chi connectivity index (χ0) is 14.1. The van der Waals surface area contributed by atoms with E-state index in [0.717, 1.165) is 25.0 Å². The molecule has 1 N–H and O–H groups in total. The molecule has 1 aromatic carbocycles. The maximum absolute atomic E-state index is 3.52. The highest BCUT2D eigenvalue weighted by atomic mass is 15.3. The van der Waals surface area contributed by atoms with Gasteiger partial charge in [-0.05, 0) is 43.5 Å². The van der Waals surface area contributed by atoms with Crippen molar-refractivity contribution in [3.63, 3.8) is 0 Å². The standard InChI is InChI=1S/C17H27N3/c1-13-5-4-6-16(15(13)3)19-7-9-20(10-8-19)17-12-18-11-14(17)2/h4-6,14,17-18H,7-12H2,1-3H3.